The van der Waals surface area contributed by atoms with Crippen LogP contribution >= 0.6 is 0 Å². The molecule has 2 aromatic carbocycles. The first-order chi connectivity index (χ1) is 10.1. The Labute approximate surface area is 123 Å². The zero-order chi connectivity index (χ0) is 14.8. The highest BCUT2D eigenvalue weighted by molar-refractivity contribution is 5.91. The van der Waals surface area contributed by atoms with Gasteiger partial charge in [-0.25, -0.2) is 0 Å². The van der Waals surface area contributed by atoms with Crippen molar-refractivity contribution >= 4 is 22.6 Å². The third-order valence-electron chi connectivity index (χ3n) is 4.00. The van der Waals surface area contributed by atoms with E-state index in [9.17, 15) is 9.59 Å². The van der Waals surface area contributed by atoms with Crippen LogP contribution in [0.2, 0.25) is 0 Å². The Morgan fingerprint density at radius 3 is 2.57 bits per heavy atom. The van der Waals surface area contributed by atoms with Crippen LogP contribution in [-0.2, 0) is 16.0 Å². The molecule has 0 aliphatic heterocycles. The number of hydrazine groups is 1. The molecule has 2 amide bonds. The van der Waals surface area contributed by atoms with Gasteiger partial charge in [0.15, 0.2) is 0 Å². The summed E-state index contributed by atoms with van der Waals surface area (Å²) in [6.07, 6.45) is 1.16. The van der Waals surface area contributed by atoms with Crippen LogP contribution in [0.3, 0.4) is 0 Å². The lowest BCUT2D eigenvalue weighted by Gasteiger charge is -2.09. The van der Waals surface area contributed by atoms with Gasteiger partial charge in [0.05, 0.1) is 6.42 Å². The van der Waals surface area contributed by atoms with Crippen LogP contribution in [-0.4, -0.2) is 11.8 Å². The van der Waals surface area contributed by atoms with Gasteiger partial charge in [0, 0.05) is 5.92 Å². The average Bonchev–Trinajstić information content (AvgIpc) is 3.22. The highest BCUT2D eigenvalue weighted by Crippen LogP contribution is 2.37. The molecule has 108 valence electrons. The van der Waals surface area contributed by atoms with Crippen molar-refractivity contribution in [2.24, 2.45) is 11.8 Å². The van der Waals surface area contributed by atoms with Crippen molar-refractivity contribution in [2.45, 2.75) is 19.8 Å². The van der Waals surface area contributed by atoms with Gasteiger partial charge >= 0.3 is 0 Å². The van der Waals surface area contributed by atoms with Gasteiger partial charge in [0.2, 0.25) is 11.8 Å². The van der Waals surface area contributed by atoms with E-state index in [-0.39, 0.29) is 24.2 Å². The Morgan fingerprint density at radius 2 is 1.81 bits per heavy atom. The fourth-order valence-electron chi connectivity index (χ4n) is 2.58. The molecule has 0 saturated heterocycles. The summed E-state index contributed by atoms with van der Waals surface area (Å²) in [6, 6.07) is 13.9. The largest absolute Gasteiger partial charge is 0.273 e. The molecule has 0 bridgehead atoms. The molecule has 4 heteroatoms. The minimum atomic E-state index is -0.201. The van der Waals surface area contributed by atoms with Crippen LogP contribution < -0.4 is 10.9 Å². The molecule has 2 aromatic rings. The third-order valence-corrected chi connectivity index (χ3v) is 4.00. The second-order valence-electron chi connectivity index (χ2n) is 5.67. The van der Waals surface area contributed by atoms with Crippen molar-refractivity contribution in [3.05, 3.63) is 48.0 Å². The molecule has 1 saturated carbocycles. The summed E-state index contributed by atoms with van der Waals surface area (Å²) < 4.78 is 0. The summed E-state index contributed by atoms with van der Waals surface area (Å²) in [5.74, 6) is 0.199. The second-order valence-corrected chi connectivity index (χ2v) is 5.67. The van der Waals surface area contributed by atoms with Gasteiger partial charge in [0.25, 0.3) is 0 Å². The number of carbonyl (C=O) groups is 2. The predicted octanol–water partition coefficient (Wildman–Crippen LogP) is 2.19. The fraction of sp³-hybridized carbons (Fsp3) is 0.294. The molecule has 2 atom stereocenters. The number of rotatable bonds is 3. The molecule has 4 nitrogen and oxygen atoms in total. The molecule has 3 rings (SSSR count). The van der Waals surface area contributed by atoms with Gasteiger partial charge in [-0.05, 0) is 28.7 Å². The van der Waals surface area contributed by atoms with Crippen molar-refractivity contribution in [1.29, 1.82) is 0 Å². The van der Waals surface area contributed by atoms with Crippen LogP contribution in [0.15, 0.2) is 42.5 Å². The minimum absolute atomic E-state index is 0.0582. The summed E-state index contributed by atoms with van der Waals surface area (Å²) >= 11 is 0. The van der Waals surface area contributed by atoms with E-state index >= 15 is 0 Å². The van der Waals surface area contributed by atoms with E-state index in [4.69, 9.17) is 0 Å². The van der Waals surface area contributed by atoms with E-state index in [0.717, 1.165) is 22.8 Å². The number of fused-ring (bicyclic) bond motifs is 1. The molecule has 0 spiro atoms. The van der Waals surface area contributed by atoms with Crippen molar-refractivity contribution in [1.82, 2.24) is 10.9 Å². The number of carbonyl (C=O) groups excluding carboxylic acids is 2. The van der Waals surface area contributed by atoms with Crippen LogP contribution in [0, 0.1) is 11.8 Å². The monoisotopic (exact) mass is 282 g/mol. The molecule has 0 radical (unpaired) electrons. The second kappa shape index (κ2) is 5.56. The topological polar surface area (TPSA) is 58.2 Å². The van der Waals surface area contributed by atoms with Gasteiger partial charge in [0.1, 0.15) is 0 Å². The fourth-order valence-corrected chi connectivity index (χ4v) is 2.58. The highest BCUT2D eigenvalue weighted by Gasteiger charge is 2.39. The summed E-state index contributed by atoms with van der Waals surface area (Å²) in [4.78, 5) is 23.6. The first-order valence-corrected chi connectivity index (χ1v) is 7.20. The van der Waals surface area contributed by atoms with E-state index in [1.807, 2.05) is 49.4 Å². The SMILES string of the molecule is C[C@H]1C[C@H]1C(=O)NNC(=O)Cc1cccc2ccccc12. The number of hydrogen-bond donors (Lipinski definition) is 2. The summed E-state index contributed by atoms with van der Waals surface area (Å²) in [5, 5.41) is 2.18. The maximum absolute atomic E-state index is 12.0. The van der Waals surface area contributed by atoms with Crippen LogP contribution in [0.4, 0.5) is 0 Å². The maximum Gasteiger partial charge on any atom is 0.242 e. The Hall–Kier alpha value is -2.36. The van der Waals surface area contributed by atoms with E-state index in [1.165, 1.54) is 0 Å². The van der Waals surface area contributed by atoms with Crippen LogP contribution in [0.1, 0.15) is 18.9 Å². The lowest BCUT2D eigenvalue weighted by atomic mass is 10.0. The number of amides is 2. The van der Waals surface area contributed by atoms with Crippen LogP contribution in [0.5, 0.6) is 0 Å². The van der Waals surface area contributed by atoms with E-state index in [0.29, 0.717) is 5.92 Å². The lowest BCUT2D eigenvalue weighted by Crippen LogP contribution is -2.43. The Kier molecular flexibility index (Phi) is 3.60. The summed E-state index contributed by atoms with van der Waals surface area (Å²) in [6.45, 7) is 2.03. The smallest absolute Gasteiger partial charge is 0.242 e. The first-order valence-electron chi connectivity index (χ1n) is 7.20. The molecule has 2 N–H and O–H groups in total. The molecular weight excluding hydrogens is 264 g/mol. The summed E-state index contributed by atoms with van der Waals surface area (Å²) in [7, 11) is 0. The van der Waals surface area contributed by atoms with Gasteiger partial charge in [-0.15, -0.1) is 0 Å². The zero-order valence-electron chi connectivity index (χ0n) is 11.9. The molecule has 21 heavy (non-hydrogen) atoms. The number of hydrogen-bond acceptors (Lipinski definition) is 2. The normalized spacial score (nSPS) is 20.0. The quantitative estimate of drug-likeness (QED) is 0.848. The Morgan fingerprint density at radius 1 is 1.10 bits per heavy atom. The Bertz CT molecular complexity index is 691. The molecule has 0 heterocycles. The number of nitrogens with one attached hydrogen (secondary N) is 2. The van der Waals surface area contributed by atoms with Crippen molar-refractivity contribution in [3.63, 3.8) is 0 Å². The molecule has 0 unspecified atom stereocenters. The van der Waals surface area contributed by atoms with E-state index < -0.39 is 0 Å². The Balaban J connectivity index is 1.62. The first kappa shape index (κ1) is 13.6. The van der Waals surface area contributed by atoms with Gasteiger partial charge < -0.3 is 0 Å². The van der Waals surface area contributed by atoms with Gasteiger partial charge in [-0.1, -0.05) is 49.4 Å². The highest BCUT2D eigenvalue weighted by atomic mass is 16.2. The average molecular weight is 282 g/mol. The van der Waals surface area contributed by atoms with Crippen molar-refractivity contribution in [2.75, 3.05) is 0 Å². The number of benzene rings is 2. The minimum Gasteiger partial charge on any atom is -0.273 e. The van der Waals surface area contributed by atoms with Crippen LogP contribution in [0.25, 0.3) is 10.8 Å². The van der Waals surface area contributed by atoms with Crippen molar-refractivity contribution in [3.8, 4) is 0 Å². The maximum atomic E-state index is 12.0. The lowest BCUT2D eigenvalue weighted by molar-refractivity contribution is -0.129. The molecule has 1 aliphatic carbocycles. The molecule has 1 aliphatic rings. The standard InChI is InChI=1S/C17H18N2O2/c1-11-9-15(11)17(21)19-18-16(20)10-13-7-4-6-12-5-2-3-8-14(12)13/h2-8,11,15H,9-10H2,1H3,(H,18,20)(H,19,21)/t11-,15+/m0/s1. The van der Waals surface area contributed by atoms with Gasteiger partial charge in [-0.2, -0.15) is 0 Å². The van der Waals surface area contributed by atoms with E-state index in [2.05, 4.69) is 10.9 Å². The summed E-state index contributed by atoms with van der Waals surface area (Å²) in [5.41, 5.74) is 5.96. The van der Waals surface area contributed by atoms with E-state index in [1.54, 1.807) is 0 Å². The molecular formula is C17H18N2O2. The molecule has 1 fully saturated rings. The van der Waals surface area contributed by atoms with Crippen molar-refractivity contribution < 1.29 is 9.59 Å². The zero-order valence-corrected chi connectivity index (χ0v) is 11.9. The molecule has 0 aromatic heterocycles. The predicted molar refractivity (Wildman–Crippen MR) is 81.2 cm³/mol. The van der Waals surface area contributed by atoms with Gasteiger partial charge in [-0.3, -0.25) is 20.4 Å². The third kappa shape index (κ3) is 3.05.